The van der Waals surface area contributed by atoms with Crippen LogP contribution in [0.3, 0.4) is 0 Å². The summed E-state index contributed by atoms with van der Waals surface area (Å²) in [5.74, 6) is 0. The third kappa shape index (κ3) is 2.80. The highest BCUT2D eigenvalue weighted by molar-refractivity contribution is 5.39. The fraction of sp³-hybridized carbons (Fsp3) is 0.533. The van der Waals surface area contributed by atoms with Crippen LogP contribution >= 0.6 is 0 Å². The van der Waals surface area contributed by atoms with Gasteiger partial charge in [-0.25, -0.2) is 4.98 Å². The van der Waals surface area contributed by atoms with Gasteiger partial charge < -0.3 is 9.72 Å². The molecule has 0 aliphatic carbocycles. The summed E-state index contributed by atoms with van der Waals surface area (Å²) in [4.78, 5) is 7.26. The lowest BCUT2D eigenvalue weighted by Gasteiger charge is -2.33. The van der Waals surface area contributed by atoms with Crippen LogP contribution in [0.4, 0.5) is 0 Å². The number of hydrogen-bond donors (Lipinski definition) is 1. The van der Waals surface area contributed by atoms with E-state index >= 15 is 0 Å². The highest BCUT2D eigenvalue weighted by Gasteiger charge is 2.20. The summed E-state index contributed by atoms with van der Waals surface area (Å²) >= 11 is 0. The first-order valence-corrected chi connectivity index (χ1v) is 7.24. The Bertz CT molecular complexity index is 495. The highest BCUT2D eigenvalue weighted by atomic mass is 15.2. The van der Waals surface area contributed by atoms with Gasteiger partial charge in [0, 0.05) is 25.0 Å². The van der Waals surface area contributed by atoms with Crippen LogP contribution in [0.5, 0.6) is 0 Å². The van der Waals surface area contributed by atoms with Gasteiger partial charge in [-0.15, -0.1) is 0 Å². The van der Waals surface area contributed by atoms with Crippen LogP contribution in [0.2, 0.25) is 0 Å². The minimum Gasteiger partial charge on any atom is -0.317 e. The summed E-state index contributed by atoms with van der Waals surface area (Å²) in [5.41, 5.74) is 2.21. The average Bonchev–Trinajstić information content (AvgIpc) is 2.88. The molecule has 102 valence electrons. The zero-order chi connectivity index (χ0) is 13.1. The number of aromatic nitrogens is 2. The van der Waals surface area contributed by atoms with E-state index in [0.29, 0.717) is 6.04 Å². The molecule has 0 bridgehead atoms. The number of nitrogens with zero attached hydrogens (tertiary/aromatic N) is 3. The maximum atomic E-state index is 4.70. The summed E-state index contributed by atoms with van der Waals surface area (Å²) in [5, 5.41) is 3.43. The Morgan fingerprint density at radius 2 is 2.21 bits per heavy atom. The molecule has 1 aliphatic heterocycles. The SMILES string of the molecule is CCN(Cc1cn2ccccc2n1)C1CCNCC1. The van der Waals surface area contributed by atoms with Gasteiger partial charge >= 0.3 is 0 Å². The van der Waals surface area contributed by atoms with Crippen molar-refractivity contribution in [2.24, 2.45) is 0 Å². The molecule has 1 saturated heterocycles. The van der Waals surface area contributed by atoms with E-state index in [-0.39, 0.29) is 0 Å². The second-order valence-electron chi connectivity index (χ2n) is 5.24. The summed E-state index contributed by atoms with van der Waals surface area (Å²) in [6, 6.07) is 6.85. The molecule has 0 atom stereocenters. The molecule has 0 radical (unpaired) electrons. The maximum Gasteiger partial charge on any atom is 0.137 e. The molecule has 1 fully saturated rings. The van der Waals surface area contributed by atoms with Gasteiger partial charge in [-0.2, -0.15) is 0 Å². The summed E-state index contributed by atoms with van der Waals surface area (Å²) in [6.45, 7) is 6.60. The number of imidazole rings is 1. The molecule has 3 rings (SSSR count). The predicted molar refractivity (Wildman–Crippen MR) is 77.2 cm³/mol. The van der Waals surface area contributed by atoms with E-state index in [1.807, 2.05) is 12.1 Å². The second kappa shape index (κ2) is 5.72. The quantitative estimate of drug-likeness (QED) is 0.909. The lowest BCUT2D eigenvalue weighted by atomic mass is 10.0. The molecule has 2 aromatic heterocycles. The van der Waals surface area contributed by atoms with Crippen LogP contribution in [0.15, 0.2) is 30.6 Å². The van der Waals surface area contributed by atoms with Crippen molar-refractivity contribution in [2.75, 3.05) is 19.6 Å². The van der Waals surface area contributed by atoms with Crippen molar-refractivity contribution in [1.29, 1.82) is 0 Å². The normalized spacial score (nSPS) is 17.4. The fourth-order valence-electron chi connectivity index (χ4n) is 2.94. The van der Waals surface area contributed by atoms with E-state index in [4.69, 9.17) is 4.98 Å². The molecule has 2 aromatic rings. The molecule has 4 heteroatoms. The summed E-state index contributed by atoms with van der Waals surface area (Å²) in [6.07, 6.45) is 6.72. The van der Waals surface area contributed by atoms with Gasteiger partial charge in [0.1, 0.15) is 5.65 Å². The first kappa shape index (κ1) is 12.6. The van der Waals surface area contributed by atoms with E-state index in [9.17, 15) is 0 Å². The van der Waals surface area contributed by atoms with Gasteiger partial charge in [-0.05, 0) is 44.6 Å². The van der Waals surface area contributed by atoms with Gasteiger partial charge in [0.25, 0.3) is 0 Å². The predicted octanol–water partition coefficient (Wildman–Crippen LogP) is 1.91. The first-order valence-electron chi connectivity index (χ1n) is 7.24. The van der Waals surface area contributed by atoms with Crippen molar-refractivity contribution in [3.63, 3.8) is 0 Å². The maximum absolute atomic E-state index is 4.70. The van der Waals surface area contributed by atoms with Crippen molar-refractivity contribution in [3.8, 4) is 0 Å². The van der Waals surface area contributed by atoms with Crippen LogP contribution in [0.25, 0.3) is 5.65 Å². The van der Waals surface area contributed by atoms with Crippen molar-refractivity contribution in [2.45, 2.75) is 32.4 Å². The molecule has 0 amide bonds. The third-order valence-corrected chi connectivity index (χ3v) is 4.01. The van der Waals surface area contributed by atoms with Crippen molar-refractivity contribution < 1.29 is 0 Å². The Morgan fingerprint density at radius 1 is 1.37 bits per heavy atom. The summed E-state index contributed by atoms with van der Waals surface area (Å²) < 4.78 is 2.10. The minimum absolute atomic E-state index is 0.705. The molecule has 4 nitrogen and oxygen atoms in total. The summed E-state index contributed by atoms with van der Waals surface area (Å²) in [7, 11) is 0. The average molecular weight is 258 g/mol. The lowest BCUT2D eigenvalue weighted by molar-refractivity contribution is 0.160. The Morgan fingerprint density at radius 3 is 2.95 bits per heavy atom. The Hall–Kier alpha value is -1.39. The molecule has 0 aromatic carbocycles. The van der Waals surface area contributed by atoms with E-state index in [2.05, 4.69) is 40.0 Å². The van der Waals surface area contributed by atoms with E-state index in [1.165, 1.54) is 18.5 Å². The van der Waals surface area contributed by atoms with Crippen LogP contribution in [0.1, 0.15) is 25.5 Å². The molecule has 0 spiro atoms. The number of nitrogens with one attached hydrogen (secondary N) is 1. The third-order valence-electron chi connectivity index (χ3n) is 4.01. The molecule has 1 N–H and O–H groups in total. The number of piperidine rings is 1. The largest absolute Gasteiger partial charge is 0.317 e. The Balaban J connectivity index is 1.74. The zero-order valence-corrected chi connectivity index (χ0v) is 11.5. The monoisotopic (exact) mass is 258 g/mol. The van der Waals surface area contributed by atoms with Crippen LogP contribution in [0, 0.1) is 0 Å². The molecular formula is C15H22N4. The smallest absolute Gasteiger partial charge is 0.137 e. The zero-order valence-electron chi connectivity index (χ0n) is 11.5. The number of rotatable bonds is 4. The Labute approximate surface area is 114 Å². The van der Waals surface area contributed by atoms with E-state index in [1.54, 1.807) is 0 Å². The van der Waals surface area contributed by atoms with Crippen molar-refractivity contribution in [3.05, 3.63) is 36.3 Å². The minimum atomic E-state index is 0.705. The van der Waals surface area contributed by atoms with Crippen LogP contribution in [-0.2, 0) is 6.54 Å². The van der Waals surface area contributed by atoms with Gasteiger partial charge in [-0.1, -0.05) is 13.0 Å². The van der Waals surface area contributed by atoms with Gasteiger partial charge in [0.05, 0.1) is 5.69 Å². The standard InChI is InChI=1S/C15H22N4/c1-2-18(14-6-8-16-9-7-14)11-13-12-19-10-4-3-5-15(19)17-13/h3-5,10,12,14,16H,2,6-9,11H2,1H3. The lowest BCUT2D eigenvalue weighted by Crippen LogP contribution is -2.42. The van der Waals surface area contributed by atoms with Crippen LogP contribution in [-0.4, -0.2) is 40.0 Å². The molecule has 19 heavy (non-hydrogen) atoms. The van der Waals surface area contributed by atoms with Crippen molar-refractivity contribution in [1.82, 2.24) is 19.6 Å². The van der Waals surface area contributed by atoms with E-state index in [0.717, 1.165) is 31.8 Å². The van der Waals surface area contributed by atoms with Gasteiger partial charge in [0.15, 0.2) is 0 Å². The topological polar surface area (TPSA) is 32.6 Å². The molecular weight excluding hydrogens is 236 g/mol. The molecule has 3 heterocycles. The van der Waals surface area contributed by atoms with Crippen LogP contribution < -0.4 is 5.32 Å². The fourth-order valence-corrected chi connectivity index (χ4v) is 2.94. The number of hydrogen-bond acceptors (Lipinski definition) is 3. The Kier molecular flexibility index (Phi) is 3.80. The number of pyridine rings is 1. The van der Waals surface area contributed by atoms with E-state index < -0.39 is 0 Å². The number of fused-ring (bicyclic) bond motifs is 1. The molecule has 0 saturated carbocycles. The van der Waals surface area contributed by atoms with Gasteiger partial charge in [0.2, 0.25) is 0 Å². The van der Waals surface area contributed by atoms with Crippen molar-refractivity contribution >= 4 is 5.65 Å². The second-order valence-corrected chi connectivity index (χ2v) is 5.24. The highest BCUT2D eigenvalue weighted by Crippen LogP contribution is 2.15. The molecule has 0 unspecified atom stereocenters. The molecule has 1 aliphatic rings. The van der Waals surface area contributed by atoms with Gasteiger partial charge in [-0.3, -0.25) is 4.90 Å². The first-order chi connectivity index (χ1) is 9.36.